The van der Waals surface area contributed by atoms with E-state index in [4.69, 9.17) is 14.2 Å². The molecule has 4 atom stereocenters. The molecule has 2 rings (SSSR count). The summed E-state index contributed by atoms with van der Waals surface area (Å²) in [5.41, 5.74) is 4.43. The van der Waals surface area contributed by atoms with Gasteiger partial charge in [0.1, 0.15) is 6.10 Å². The van der Waals surface area contributed by atoms with Crippen LogP contribution in [0.15, 0.2) is 47.3 Å². The zero-order valence-electron chi connectivity index (χ0n) is 18.3. The van der Waals surface area contributed by atoms with Crippen molar-refractivity contribution >= 4 is 11.9 Å². The Kier molecular flexibility index (Phi) is 8.30. The number of esters is 2. The Labute approximate surface area is 174 Å². The van der Waals surface area contributed by atoms with Crippen molar-refractivity contribution in [1.82, 2.24) is 0 Å². The highest BCUT2D eigenvalue weighted by Gasteiger charge is 2.42. The van der Waals surface area contributed by atoms with Gasteiger partial charge in [-0.3, -0.25) is 9.59 Å². The quantitative estimate of drug-likeness (QED) is 0.456. The van der Waals surface area contributed by atoms with E-state index in [1.165, 1.54) is 19.4 Å². The normalized spacial score (nSPS) is 27.3. The molecule has 2 aliphatic rings. The van der Waals surface area contributed by atoms with E-state index < -0.39 is 12.4 Å². The van der Waals surface area contributed by atoms with Crippen LogP contribution in [0.5, 0.6) is 0 Å². The summed E-state index contributed by atoms with van der Waals surface area (Å²) in [6, 6.07) is 0. The Bertz CT molecular complexity index is 724. The van der Waals surface area contributed by atoms with Crippen LogP contribution < -0.4 is 0 Å². The van der Waals surface area contributed by atoms with Gasteiger partial charge in [-0.1, -0.05) is 35.5 Å². The molecule has 0 radical (unpaired) electrons. The van der Waals surface area contributed by atoms with Crippen molar-refractivity contribution in [3.05, 3.63) is 47.3 Å². The Morgan fingerprint density at radius 1 is 1.24 bits per heavy atom. The SMILES string of the molecule is C=C1CC/C=C(/C)CC[C@@H]2C(C(CC=C(C)C)OC(C)=O)=CO[C@H](OC(C)=O)[C@@H]12. The lowest BCUT2D eigenvalue weighted by Crippen LogP contribution is -2.41. The molecule has 0 saturated carbocycles. The average molecular weight is 403 g/mol. The first-order valence-corrected chi connectivity index (χ1v) is 10.4. The molecule has 1 aliphatic heterocycles. The summed E-state index contributed by atoms with van der Waals surface area (Å²) in [5.74, 6) is -0.844. The first-order valence-electron chi connectivity index (χ1n) is 10.4. The van der Waals surface area contributed by atoms with Crippen molar-refractivity contribution < 1.29 is 23.8 Å². The van der Waals surface area contributed by atoms with Crippen molar-refractivity contribution in [2.45, 2.75) is 79.1 Å². The molecule has 0 fully saturated rings. The Morgan fingerprint density at radius 2 is 1.97 bits per heavy atom. The zero-order valence-corrected chi connectivity index (χ0v) is 18.3. The molecular weight excluding hydrogens is 368 g/mol. The monoisotopic (exact) mass is 402 g/mol. The van der Waals surface area contributed by atoms with Gasteiger partial charge >= 0.3 is 11.9 Å². The van der Waals surface area contributed by atoms with Crippen LogP contribution in [0.3, 0.4) is 0 Å². The largest absolute Gasteiger partial charge is 0.462 e. The third kappa shape index (κ3) is 6.62. The first-order chi connectivity index (χ1) is 13.7. The van der Waals surface area contributed by atoms with E-state index in [0.29, 0.717) is 6.42 Å². The minimum Gasteiger partial charge on any atom is -0.462 e. The van der Waals surface area contributed by atoms with Gasteiger partial charge in [-0.25, -0.2) is 0 Å². The van der Waals surface area contributed by atoms with E-state index in [1.54, 1.807) is 6.26 Å². The van der Waals surface area contributed by atoms with Crippen LogP contribution in [-0.4, -0.2) is 24.3 Å². The summed E-state index contributed by atoms with van der Waals surface area (Å²) in [5, 5.41) is 0. The molecule has 0 aromatic rings. The van der Waals surface area contributed by atoms with Crippen LogP contribution in [0.25, 0.3) is 0 Å². The molecule has 160 valence electrons. The summed E-state index contributed by atoms with van der Waals surface area (Å²) < 4.78 is 17.1. The smallest absolute Gasteiger partial charge is 0.305 e. The predicted molar refractivity (Wildman–Crippen MR) is 113 cm³/mol. The molecule has 0 amide bonds. The molecule has 0 bridgehead atoms. The summed E-state index contributed by atoms with van der Waals surface area (Å²) in [4.78, 5) is 23.5. The van der Waals surface area contributed by atoms with Gasteiger partial charge in [-0.15, -0.1) is 0 Å². The fourth-order valence-electron chi connectivity index (χ4n) is 4.07. The lowest BCUT2D eigenvalue weighted by molar-refractivity contribution is -0.181. The summed E-state index contributed by atoms with van der Waals surface area (Å²) >= 11 is 0. The van der Waals surface area contributed by atoms with Crippen molar-refractivity contribution in [3.8, 4) is 0 Å². The third-order valence-electron chi connectivity index (χ3n) is 5.47. The minimum atomic E-state index is -0.700. The maximum Gasteiger partial charge on any atom is 0.305 e. The highest BCUT2D eigenvalue weighted by atomic mass is 16.7. The van der Waals surface area contributed by atoms with E-state index in [1.807, 2.05) is 13.8 Å². The van der Waals surface area contributed by atoms with Gasteiger partial charge in [0.25, 0.3) is 0 Å². The van der Waals surface area contributed by atoms with Crippen LogP contribution in [0.1, 0.15) is 66.7 Å². The van der Waals surface area contributed by atoms with Crippen molar-refractivity contribution in [2.75, 3.05) is 0 Å². The fourth-order valence-corrected chi connectivity index (χ4v) is 4.07. The standard InChI is InChI=1S/C24H34O5/c1-15(2)10-13-22(28-18(5)25)21-14-27-24(29-19(6)26)23-17(4)9-7-8-16(3)11-12-20(21)23/h8,10,14,20,22-24H,4,7,9,11-13H2,1-3,5-6H3/b16-8-/t20-,22?,23+,24-/m1/s1. The number of allylic oxidation sites excluding steroid dienone is 3. The molecule has 5 nitrogen and oxygen atoms in total. The first kappa shape index (κ1) is 23.0. The van der Waals surface area contributed by atoms with Crippen LogP contribution in [0, 0.1) is 11.8 Å². The maximum absolute atomic E-state index is 11.8. The molecular formula is C24H34O5. The zero-order chi connectivity index (χ0) is 21.6. The lowest BCUT2D eigenvalue weighted by Gasteiger charge is -2.40. The van der Waals surface area contributed by atoms with Crippen LogP contribution >= 0.6 is 0 Å². The second kappa shape index (κ2) is 10.5. The third-order valence-corrected chi connectivity index (χ3v) is 5.47. The second-order valence-corrected chi connectivity index (χ2v) is 8.27. The van der Waals surface area contributed by atoms with Gasteiger partial charge < -0.3 is 14.2 Å². The minimum absolute atomic E-state index is 0.0250. The number of rotatable bonds is 5. The molecule has 0 aromatic carbocycles. The van der Waals surface area contributed by atoms with Crippen LogP contribution in [0.4, 0.5) is 0 Å². The van der Waals surface area contributed by atoms with Gasteiger partial charge in [0.05, 0.1) is 12.2 Å². The summed E-state index contributed by atoms with van der Waals surface area (Å²) in [7, 11) is 0. The Hall–Kier alpha value is -2.30. The van der Waals surface area contributed by atoms with Gasteiger partial charge in [-0.2, -0.15) is 0 Å². The van der Waals surface area contributed by atoms with E-state index in [9.17, 15) is 9.59 Å². The number of carbonyl (C=O) groups excluding carboxylic acids is 2. The number of hydrogen-bond donors (Lipinski definition) is 0. The lowest BCUT2D eigenvalue weighted by atomic mass is 9.74. The highest BCUT2D eigenvalue weighted by Crippen LogP contribution is 2.43. The molecule has 29 heavy (non-hydrogen) atoms. The van der Waals surface area contributed by atoms with Gasteiger partial charge in [0, 0.05) is 31.8 Å². The van der Waals surface area contributed by atoms with E-state index in [-0.39, 0.29) is 23.8 Å². The van der Waals surface area contributed by atoms with E-state index in [2.05, 4.69) is 25.7 Å². The average Bonchev–Trinajstić information content (AvgIpc) is 2.68. The molecule has 0 N–H and O–H groups in total. The number of hydrogen-bond acceptors (Lipinski definition) is 5. The number of fused-ring (bicyclic) bond motifs is 1. The molecule has 1 unspecified atom stereocenters. The predicted octanol–water partition coefficient (Wildman–Crippen LogP) is 5.39. The fraction of sp³-hybridized carbons (Fsp3) is 0.583. The van der Waals surface area contributed by atoms with E-state index >= 15 is 0 Å². The van der Waals surface area contributed by atoms with Crippen LogP contribution in [0.2, 0.25) is 0 Å². The molecule has 0 aromatic heterocycles. The molecule has 1 heterocycles. The maximum atomic E-state index is 11.8. The topological polar surface area (TPSA) is 61.8 Å². The molecule has 0 spiro atoms. The molecule has 0 saturated heterocycles. The van der Waals surface area contributed by atoms with Crippen LogP contribution in [-0.2, 0) is 23.8 Å². The Morgan fingerprint density at radius 3 is 2.59 bits per heavy atom. The van der Waals surface area contributed by atoms with Gasteiger partial charge in [0.2, 0.25) is 6.29 Å². The number of ether oxygens (including phenoxy) is 3. The molecule has 1 aliphatic carbocycles. The van der Waals surface area contributed by atoms with E-state index in [0.717, 1.165) is 42.4 Å². The Balaban J connectivity index is 2.45. The highest BCUT2D eigenvalue weighted by molar-refractivity contribution is 5.67. The number of carbonyl (C=O) groups is 2. The van der Waals surface area contributed by atoms with Gasteiger partial charge in [0.15, 0.2) is 0 Å². The van der Waals surface area contributed by atoms with Gasteiger partial charge in [-0.05, 0) is 46.5 Å². The van der Waals surface area contributed by atoms with Crippen molar-refractivity contribution in [1.29, 1.82) is 0 Å². The summed E-state index contributed by atoms with van der Waals surface area (Å²) in [6.45, 7) is 13.3. The molecule has 5 heteroatoms. The second-order valence-electron chi connectivity index (χ2n) is 8.27. The summed E-state index contributed by atoms with van der Waals surface area (Å²) in [6.07, 6.45) is 8.92. The van der Waals surface area contributed by atoms with Crippen molar-refractivity contribution in [2.24, 2.45) is 11.8 Å². The van der Waals surface area contributed by atoms with Crippen molar-refractivity contribution in [3.63, 3.8) is 0 Å².